The Bertz CT molecular complexity index is 607. The summed E-state index contributed by atoms with van der Waals surface area (Å²) >= 11 is 0. The van der Waals surface area contributed by atoms with Crippen molar-refractivity contribution in [3.05, 3.63) is 35.4 Å². The first-order chi connectivity index (χ1) is 10.2. The second kappa shape index (κ2) is 5.62. The zero-order chi connectivity index (χ0) is 14.2. The van der Waals surface area contributed by atoms with Gasteiger partial charge in [0.2, 0.25) is 0 Å². The first kappa shape index (κ1) is 17.5. The molecule has 2 saturated heterocycles. The normalized spacial score (nSPS) is 43.7. The van der Waals surface area contributed by atoms with Gasteiger partial charge in [-0.05, 0) is 69.0 Å². The van der Waals surface area contributed by atoms with Crippen LogP contribution in [-0.2, 0) is 11.8 Å². The van der Waals surface area contributed by atoms with Crippen molar-refractivity contribution in [2.75, 3.05) is 7.05 Å². The summed E-state index contributed by atoms with van der Waals surface area (Å²) in [5, 5.41) is 0. The molecule has 0 amide bonds. The fourth-order valence-corrected chi connectivity index (χ4v) is 6.42. The zero-order valence-corrected chi connectivity index (χ0v) is 15.5. The lowest BCUT2D eigenvalue weighted by Gasteiger charge is -2.46. The summed E-state index contributed by atoms with van der Waals surface area (Å²) in [6.07, 6.45) is 9.29. The van der Waals surface area contributed by atoms with E-state index >= 15 is 0 Å². The van der Waals surface area contributed by atoms with Crippen LogP contribution < -0.4 is 5.73 Å². The molecule has 128 valence electrons. The predicted molar refractivity (Wildman–Crippen MR) is 99.8 cm³/mol. The van der Waals surface area contributed by atoms with Crippen molar-refractivity contribution in [2.24, 2.45) is 11.7 Å². The summed E-state index contributed by atoms with van der Waals surface area (Å²) < 4.78 is 0. The molecule has 1 aromatic carbocycles. The summed E-state index contributed by atoms with van der Waals surface area (Å²) in [6, 6.07) is 10.4. The molecule has 2 aliphatic heterocycles. The molecule has 1 spiro atoms. The van der Waals surface area contributed by atoms with Gasteiger partial charge >= 0.3 is 0 Å². The topological polar surface area (TPSA) is 29.3 Å². The molecule has 2 bridgehead atoms. The average Bonchev–Trinajstić information content (AvgIpc) is 3.06. The Morgan fingerprint density at radius 2 is 1.91 bits per heavy atom. The van der Waals surface area contributed by atoms with Crippen LogP contribution in [0.15, 0.2) is 24.3 Å². The molecule has 5 atom stereocenters. The molecule has 1 saturated carbocycles. The maximum atomic E-state index is 6.42. The largest absolute Gasteiger partial charge is 0.328 e. The molecule has 3 unspecified atom stereocenters. The van der Waals surface area contributed by atoms with Crippen molar-refractivity contribution < 1.29 is 0 Å². The highest BCUT2D eigenvalue weighted by atomic mass is 35.5. The van der Waals surface area contributed by atoms with Crippen LogP contribution in [0.1, 0.15) is 49.7 Å². The van der Waals surface area contributed by atoms with E-state index in [1.54, 1.807) is 11.1 Å². The Morgan fingerprint density at radius 1 is 1.13 bits per heavy atom. The van der Waals surface area contributed by atoms with E-state index in [1.807, 2.05) is 0 Å². The Hall–Kier alpha value is -0.280. The van der Waals surface area contributed by atoms with E-state index < -0.39 is 0 Å². The van der Waals surface area contributed by atoms with Crippen LogP contribution in [0, 0.1) is 5.92 Å². The standard InChI is InChI=1S/C19H26N2.2ClH/c1-21-15-7-9-19(21,11-14(20)10-15)17-12-18(17)8-6-13-4-2-3-5-16(13)18;;/h2-5,14-15,17H,6-12,20H2,1H3;2*1H/t14?,15?,17-,18-,19?;;/m1../s1. The third kappa shape index (κ3) is 2.15. The molecule has 1 aromatic rings. The van der Waals surface area contributed by atoms with Crippen LogP contribution in [0.2, 0.25) is 0 Å². The van der Waals surface area contributed by atoms with Gasteiger partial charge < -0.3 is 5.73 Å². The highest BCUT2D eigenvalue weighted by molar-refractivity contribution is 5.85. The number of rotatable bonds is 1. The van der Waals surface area contributed by atoms with Crippen molar-refractivity contribution >= 4 is 24.8 Å². The molecule has 5 rings (SSSR count). The molecule has 2 nitrogen and oxygen atoms in total. The third-order valence-corrected chi connectivity index (χ3v) is 7.47. The van der Waals surface area contributed by atoms with Crippen molar-refractivity contribution in [1.82, 2.24) is 4.90 Å². The van der Waals surface area contributed by atoms with E-state index in [1.165, 1.54) is 44.9 Å². The SMILES string of the molecule is CN1C2CCC1([C@@H]1C[C@@]13CCc1ccccc13)CC(N)C2.Cl.Cl. The molecule has 0 aromatic heterocycles. The fourth-order valence-electron chi connectivity index (χ4n) is 6.42. The van der Waals surface area contributed by atoms with Gasteiger partial charge in [0, 0.05) is 23.0 Å². The van der Waals surface area contributed by atoms with Crippen LogP contribution in [0.4, 0.5) is 0 Å². The molecule has 2 heterocycles. The maximum absolute atomic E-state index is 6.42. The van der Waals surface area contributed by atoms with Gasteiger partial charge in [-0.3, -0.25) is 4.90 Å². The lowest BCUT2D eigenvalue weighted by Crippen LogP contribution is -2.56. The van der Waals surface area contributed by atoms with Gasteiger partial charge in [-0.15, -0.1) is 24.8 Å². The summed E-state index contributed by atoms with van der Waals surface area (Å²) in [4.78, 5) is 2.75. The summed E-state index contributed by atoms with van der Waals surface area (Å²) in [6.45, 7) is 0. The van der Waals surface area contributed by atoms with Crippen LogP contribution in [-0.4, -0.2) is 29.6 Å². The average molecular weight is 355 g/mol. The fraction of sp³-hybridized carbons (Fsp3) is 0.684. The summed E-state index contributed by atoms with van der Waals surface area (Å²) in [7, 11) is 2.39. The highest BCUT2D eigenvalue weighted by Crippen LogP contribution is 2.69. The van der Waals surface area contributed by atoms with E-state index in [-0.39, 0.29) is 24.8 Å². The molecule has 2 N–H and O–H groups in total. The summed E-state index contributed by atoms with van der Waals surface area (Å²) in [5.41, 5.74) is 10.7. The van der Waals surface area contributed by atoms with Gasteiger partial charge in [-0.2, -0.15) is 0 Å². The summed E-state index contributed by atoms with van der Waals surface area (Å²) in [5.74, 6) is 0.856. The first-order valence-corrected chi connectivity index (χ1v) is 8.73. The number of halogens is 2. The third-order valence-electron chi connectivity index (χ3n) is 7.47. The van der Waals surface area contributed by atoms with Gasteiger partial charge in [-0.25, -0.2) is 0 Å². The number of fused-ring (bicyclic) bond motifs is 4. The van der Waals surface area contributed by atoms with Gasteiger partial charge in [0.25, 0.3) is 0 Å². The number of hydrogen-bond acceptors (Lipinski definition) is 2. The van der Waals surface area contributed by atoms with Crippen molar-refractivity contribution in [2.45, 2.75) is 68.0 Å². The van der Waals surface area contributed by atoms with Gasteiger partial charge in [0.05, 0.1) is 0 Å². The lowest BCUT2D eigenvalue weighted by molar-refractivity contribution is 0.0454. The molecule has 3 fully saturated rings. The van der Waals surface area contributed by atoms with Gasteiger partial charge in [-0.1, -0.05) is 24.3 Å². The Kier molecular flexibility index (Phi) is 4.29. The van der Waals surface area contributed by atoms with Crippen molar-refractivity contribution in [1.29, 1.82) is 0 Å². The Balaban J connectivity index is 0.000000781. The van der Waals surface area contributed by atoms with Crippen LogP contribution >= 0.6 is 24.8 Å². The maximum Gasteiger partial charge on any atom is 0.0261 e. The monoisotopic (exact) mass is 354 g/mol. The van der Waals surface area contributed by atoms with Crippen molar-refractivity contribution in [3.8, 4) is 0 Å². The van der Waals surface area contributed by atoms with E-state index in [9.17, 15) is 0 Å². The Morgan fingerprint density at radius 3 is 2.74 bits per heavy atom. The van der Waals surface area contributed by atoms with Crippen LogP contribution in [0.5, 0.6) is 0 Å². The molecule has 2 aliphatic carbocycles. The highest BCUT2D eigenvalue weighted by Gasteiger charge is 2.69. The molecule has 23 heavy (non-hydrogen) atoms. The zero-order valence-electron chi connectivity index (χ0n) is 13.8. The minimum Gasteiger partial charge on any atom is -0.328 e. The van der Waals surface area contributed by atoms with Crippen LogP contribution in [0.3, 0.4) is 0 Å². The second-order valence-corrected chi connectivity index (χ2v) is 8.18. The molecule has 0 radical (unpaired) electrons. The quantitative estimate of drug-likeness (QED) is 0.833. The van der Waals surface area contributed by atoms with Crippen LogP contribution in [0.25, 0.3) is 0 Å². The molecule has 4 aliphatic rings. The number of nitrogens with two attached hydrogens (primary N) is 1. The number of nitrogens with zero attached hydrogens (tertiary/aromatic N) is 1. The van der Waals surface area contributed by atoms with E-state index in [4.69, 9.17) is 5.73 Å². The molecule has 4 heteroatoms. The Labute approximate surface area is 152 Å². The van der Waals surface area contributed by atoms with Gasteiger partial charge in [0.1, 0.15) is 0 Å². The first-order valence-electron chi connectivity index (χ1n) is 8.73. The minimum atomic E-state index is 0. The molecular weight excluding hydrogens is 327 g/mol. The van der Waals surface area contributed by atoms with E-state index in [0.29, 0.717) is 17.0 Å². The number of piperidine rings is 1. The molecular formula is C19H28Cl2N2. The number of benzene rings is 1. The van der Waals surface area contributed by atoms with E-state index in [0.717, 1.165) is 12.0 Å². The minimum absolute atomic E-state index is 0. The second-order valence-electron chi connectivity index (χ2n) is 8.18. The predicted octanol–water partition coefficient (Wildman–Crippen LogP) is 3.69. The smallest absolute Gasteiger partial charge is 0.0261 e. The lowest BCUT2D eigenvalue weighted by atomic mass is 9.77. The number of hydrogen-bond donors (Lipinski definition) is 1. The van der Waals surface area contributed by atoms with Gasteiger partial charge in [0.15, 0.2) is 0 Å². The number of aryl methyl sites for hydroxylation is 1. The van der Waals surface area contributed by atoms with Crippen molar-refractivity contribution in [3.63, 3.8) is 0 Å². The van der Waals surface area contributed by atoms with E-state index in [2.05, 4.69) is 36.2 Å².